The predicted octanol–water partition coefficient (Wildman–Crippen LogP) is 1.96. The van der Waals surface area contributed by atoms with E-state index in [4.69, 9.17) is 4.74 Å². The Balaban J connectivity index is 1.53. The van der Waals surface area contributed by atoms with E-state index >= 15 is 0 Å². The van der Waals surface area contributed by atoms with Gasteiger partial charge in [0.2, 0.25) is 10.0 Å². The summed E-state index contributed by atoms with van der Waals surface area (Å²) in [5.74, 6) is 0.602. The van der Waals surface area contributed by atoms with Crippen molar-refractivity contribution in [3.8, 4) is 5.75 Å². The fourth-order valence-corrected chi connectivity index (χ4v) is 4.48. The minimum Gasteiger partial charge on any atom is -0.497 e. The van der Waals surface area contributed by atoms with Crippen molar-refractivity contribution in [2.45, 2.75) is 23.9 Å². The minimum absolute atomic E-state index is 0.214. The number of amides is 2. The molecule has 1 aliphatic heterocycles. The van der Waals surface area contributed by atoms with E-state index in [0.29, 0.717) is 25.3 Å². The molecule has 1 aliphatic rings. The Labute approximate surface area is 159 Å². The van der Waals surface area contributed by atoms with Crippen LogP contribution in [0, 0.1) is 0 Å². The Bertz CT molecular complexity index is 870. The summed E-state index contributed by atoms with van der Waals surface area (Å²) in [6, 6.07) is 15.4. The first-order valence-corrected chi connectivity index (χ1v) is 10.2. The molecule has 1 saturated heterocycles. The zero-order valence-corrected chi connectivity index (χ0v) is 15.9. The quantitative estimate of drug-likeness (QED) is 0.791. The van der Waals surface area contributed by atoms with Gasteiger partial charge in [-0.3, -0.25) is 0 Å². The van der Waals surface area contributed by atoms with Crippen molar-refractivity contribution in [2.24, 2.45) is 0 Å². The van der Waals surface area contributed by atoms with Crippen LogP contribution in [0.2, 0.25) is 0 Å². The molecule has 1 atom stereocenters. The molecule has 2 aromatic rings. The number of rotatable bonds is 6. The lowest BCUT2D eigenvalue weighted by molar-refractivity contribution is 0.237. The zero-order valence-electron chi connectivity index (χ0n) is 15.1. The fraction of sp³-hybridized carbons (Fsp3) is 0.316. The second kappa shape index (κ2) is 8.41. The largest absolute Gasteiger partial charge is 0.497 e. The molecule has 1 heterocycles. The molecule has 144 valence electrons. The molecule has 0 spiro atoms. The Morgan fingerprint density at radius 2 is 1.85 bits per heavy atom. The summed E-state index contributed by atoms with van der Waals surface area (Å²) in [4.78, 5) is 12.3. The van der Waals surface area contributed by atoms with Gasteiger partial charge in [0.25, 0.3) is 0 Å². The molecule has 8 heteroatoms. The third kappa shape index (κ3) is 4.78. The number of urea groups is 1. The van der Waals surface area contributed by atoms with Gasteiger partial charge < -0.3 is 15.4 Å². The highest BCUT2D eigenvalue weighted by molar-refractivity contribution is 7.89. The first-order chi connectivity index (χ1) is 13.0. The third-order valence-electron chi connectivity index (χ3n) is 4.48. The van der Waals surface area contributed by atoms with Gasteiger partial charge in [-0.25, -0.2) is 13.2 Å². The molecule has 1 fully saturated rings. The van der Waals surface area contributed by atoms with Crippen molar-refractivity contribution in [1.29, 1.82) is 0 Å². The van der Waals surface area contributed by atoms with Gasteiger partial charge in [0.1, 0.15) is 5.75 Å². The number of benzene rings is 2. The van der Waals surface area contributed by atoms with Crippen LogP contribution in [0.25, 0.3) is 0 Å². The number of methoxy groups -OCH3 is 1. The minimum atomic E-state index is -3.58. The van der Waals surface area contributed by atoms with Crippen LogP contribution in [0.3, 0.4) is 0 Å². The maximum absolute atomic E-state index is 12.7. The highest BCUT2D eigenvalue weighted by Crippen LogP contribution is 2.23. The maximum Gasteiger partial charge on any atom is 0.315 e. The van der Waals surface area contributed by atoms with Gasteiger partial charge in [-0.15, -0.1) is 0 Å². The second-order valence-electron chi connectivity index (χ2n) is 6.34. The lowest BCUT2D eigenvalue weighted by atomic mass is 10.2. The average Bonchev–Trinajstić information content (AvgIpc) is 3.16. The van der Waals surface area contributed by atoms with Crippen LogP contribution in [-0.2, 0) is 16.6 Å². The van der Waals surface area contributed by atoms with Crippen LogP contribution >= 0.6 is 0 Å². The number of hydrogen-bond donors (Lipinski definition) is 2. The van der Waals surface area contributed by atoms with Crippen molar-refractivity contribution in [2.75, 3.05) is 20.2 Å². The summed E-state index contributed by atoms with van der Waals surface area (Å²) < 4.78 is 31.9. The molecule has 27 heavy (non-hydrogen) atoms. The number of hydrogen-bond acceptors (Lipinski definition) is 4. The van der Waals surface area contributed by atoms with E-state index in [0.717, 1.165) is 5.56 Å². The van der Waals surface area contributed by atoms with Crippen molar-refractivity contribution < 1.29 is 17.9 Å². The van der Waals surface area contributed by atoms with Gasteiger partial charge in [0.05, 0.1) is 12.0 Å². The molecule has 0 saturated carbocycles. The van der Waals surface area contributed by atoms with Crippen LogP contribution in [-0.4, -0.2) is 45.0 Å². The molecule has 7 nitrogen and oxygen atoms in total. The van der Waals surface area contributed by atoms with Gasteiger partial charge in [-0.1, -0.05) is 30.3 Å². The number of nitrogens with zero attached hydrogens (tertiary/aromatic N) is 1. The Hall–Kier alpha value is -2.58. The molecule has 0 unspecified atom stereocenters. The molecule has 2 aromatic carbocycles. The highest BCUT2D eigenvalue weighted by atomic mass is 32.2. The zero-order chi connectivity index (χ0) is 19.3. The Kier molecular flexibility index (Phi) is 5.98. The van der Waals surface area contributed by atoms with Crippen molar-refractivity contribution >= 4 is 16.1 Å². The number of nitrogens with one attached hydrogen (secondary N) is 2. The van der Waals surface area contributed by atoms with Crippen LogP contribution in [0.15, 0.2) is 59.5 Å². The van der Waals surface area contributed by atoms with Crippen LogP contribution in [0.5, 0.6) is 5.75 Å². The van der Waals surface area contributed by atoms with E-state index in [9.17, 15) is 13.2 Å². The molecule has 0 aliphatic carbocycles. The smallest absolute Gasteiger partial charge is 0.315 e. The van der Waals surface area contributed by atoms with Gasteiger partial charge >= 0.3 is 6.03 Å². The lowest BCUT2D eigenvalue weighted by Crippen LogP contribution is -2.43. The molecule has 0 aromatic heterocycles. The topological polar surface area (TPSA) is 87.7 Å². The molecular weight excluding hydrogens is 366 g/mol. The first-order valence-electron chi connectivity index (χ1n) is 8.71. The summed E-state index contributed by atoms with van der Waals surface area (Å²) >= 11 is 0. The Morgan fingerprint density at radius 1 is 1.15 bits per heavy atom. The molecular formula is C19H23N3O4S. The summed E-state index contributed by atoms with van der Waals surface area (Å²) in [5, 5.41) is 5.64. The van der Waals surface area contributed by atoms with Gasteiger partial charge in [0, 0.05) is 25.7 Å². The monoisotopic (exact) mass is 389 g/mol. The predicted molar refractivity (Wildman–Crippen MR) is 102 cm³/mol. The normalized spacial score (nSPS) is 17.4. The summed E-state index contributed by atoms with van der Waals surface area (Å²) in [5.41, 5.74) is 1.00. The van der Waals surface area contributed by atoms with Crippen molar-refractivity contribution in [3.63, 3.8) is 0 Å². The number of carbonyl (C=O) groups excluding carboxylic acids is 1. The van der Waals surface area contributed by atoms with Crippen LogP contribution < -0.4 is 15.4 Å². The van der Waals surface area contributed by atoms with Crippen molar-refractivity contribution in [1.82, 2.24) is 14.9 Å². The lowest BCUT2D eigenvalue weighted by Gasteiger charge is -2.17. The average molecular weight is 389 g/mol. The second-order valence-corrected chi connectivity index (χ2v) is 8.27. The van der Waals surface area contributed by atoms with Gasteiger partial charge in [-0.05, 0) is 36.2 Å². The van der Waals surface area contributed by atoms with Crippen LogP contribution in [0.4, 0.5) is 4.79 Å². The Morgan fingerprint density at radius 3 is 2.52 bits per heavy atom. The molecule has 2 N–H and O–H groups in total. The summed E-state index contributed by atoms with van der Waals surface area (Å²) in [6.45, 7) is 1.05. The van der Waals surface area contributed by atoms with Crippen LogP contribution in [0.1, 0.15) is 12.0 Å². The molecule has 0 radical (unpaired) electrons. The maximum atomic E-state index is 12.7. The third-order valence-corrected chi connectivity index (χ3v) is 6.36. The van der Waals surface area contributed by atoms with Gasteiger partial charge in [-0.2, -0.15) is 4.31 Å². The number of ether oxygens (including phenoxy) is 1. The van der Waals surface area contributed by atoms with E-state index < -0.39 is 10.0 Å². The highest BCUT2D eigenvalue weighted by Gasteiger charge is 2.33. The van der Waals surface area contributed by atoms with E-state index in [1.54, 1.807) is 12.1 Å². The van der Waals surface area contributed by atoms with E-state index in [2.05, 4.69) is 10.6 Å². The van der Waals surface area contributed by atoms with Crippen molar-refractivity contribution in [3.05, 3.63) is 60.2 Å². The number of carbonyl (C=O) groups is 1. The van der Waals surface area contributed by atoms with Gasteiger partial charge in [0.15, 0.2) is 0 Å². The van der Waals surface area contributed by atoms with E-state index in [-0.39, 0.29) is 23.5 Å². The molecule has 3 rings (SSSR count). The molecule has 2 amide bonds. The number of sulfonamides is 1. The van der Waals surface area contributed by atoms with E-state index in [1.165, 1.54) is 23.5 Å². The summed E-state index contributed by atoms with van der Waals surface area (Å²) in [6.07, 6.45) is 0.578. The molecule has 0 bridgehead atoms. The first kappa shape index (κ1) is 19.2. The van der Waals surface area contributed by atoms with E-state index in [1.807, 2.05) is 30.3 Å². The SMILES string of the molecule is COc1ccc(S(=O)(=O)N2CC[C@@H](NC(=O)NCc3ccccc3)C2)cc1. The summed E-state index contributed by atoms with van der Waals surface area (Å²) in [7, 11) is -2.05. The fourth-order valence-electron chi connectivity index (χ4n) is 2.98. The standard InChI is InChI=1S/C19H23N3O4S/c1-26-17-7-9-18(10-8-17)27(24,25)22-12-11-16(14-22)21-19(23)20-13-15-5-3-2-4-6-15/h2-10,16H,11-14H2,1H3,(H2,20,21,23)/t16-/m1/s1.